The predicted octanol–water partition coefficient (Wildman–Crippen LogP) is 3.33. The molecule has 3 rings (SSSR count). The van der Waals surface area contributed by atoms with Crippen LogP contribution in [0.15, 0.2) is 22.9 Å². The molecule has 24 heavy (non-hydrogen) atoms. The number of fused-ring (bicyclic) bond motifs is 1. The monoisotopic (exact) mass is 415 g/mol. The molecule has 130 valence electrons. The average Bonchev–Trinajstić information content (AvgIpc) is 2.53. The van der Waals surface area contributed by atoms with E-state index in [-0.39, 0.29) is 17.6 Å². The number of hydrogen-bond acceptors (Lipinski definition) is 5. The fraction of sp³-hybridized carbons (Fsp3) is 0.500. The van der Waals surface area contributed by atoms with Gasteiger partial charge in [0.15, 0.2) is 0 Å². The maximum Gasteiger partial charge on any atom is 0.147 e. The van der Waals surface area contributed by atoms with Gasteiger partial charge in [0.05, 0.1) is 15.7 Å². The second-order valence-electron chi connectivity index (χ2n) is 6.24. The topological polar surface area (TPSA) is 63.2 Å². The summed E-state index contributed by atoms with van der Waals surface area (Å²) in [5, 5.41) is 0.657. The maximum absolute atomic E-state index is 14.0. The fourth-order valence-electron chi connectivity index (χ4n) is 3.20. The number of nitrogens with zero attached hydrogens (tertiary/aromatic N) is 3. The van der Waals surface area contributed by atoms with Crippen LogP contribution < -0.4 is 4.90 Å². The van der Waals surface area contributed by atoms with E-state index in [1.54, 1.807) is 6.07 Å². The lowest BCUT2D eigenvalue weighted by Crippen LogP contribution is -2.41. The molecule has 1 aromatic heterocycles. The smallest absolute Gasteiger partial charge is 0.147 e. The Morgan fingerprint density at radius 3 is 2.88 bits per heavy atom. The number of piperidine rings is 1. The number of benzene rings is 1. The van der Waals surface area contributed by atoms with Gasteiger partial charge in [-0.15, -0.1) is 0 Å². The van der Waals surface area contributed by atoms with Gasteiger partial charge in [-0.3, -0.25) is 0 Å². The maximum atomic E-state index is 14.0. The Morgan fingerprint density at radius 2 is 2.12 bits per heavy atom. The zero-order valence-corrected chi connectivity index (χ0v) is 15.8. The molecule has 0 spiro atoms. The van der Waals surface area contributed by atoms with Gasteiger partial charge in [0.1, 0.15) is 27.8 Å². The Balaban J connectivity index is 1.98. The molecule has 0 bridgehead atoms. The number of aromatic nitrogens is 2. The summed E-state index contributed by atoms with van der Waals surface area (Å²) < 4.78 is 37.4. The molecule has 0 radical (unpaired) electrons. The molecular formula is C16H19BrFN3O2S. The standard InChI is InChI=1S/C16H19BrFN3O2S/c1-24(22,23)7-5-11-4-2-3-6-21(11)16-12-8-14(18)13(17)9-15(12)19-10-20-16/h8-11H,2-7H2,1H3. The molecule has 1 aliphatic rings. The van der Waals surface area contributed by atoms with E-state index >= 15 is 0 Å². The minimum absolute atomic E-state index is 0.0956. The van der Waals surface area contributed by atoms with Crippen LogP contribution >= 0.6 is 15.9 Å². The van der Waals surface area contributed by atoms with Crippen LogP contribution in [0.5, 0.6) is 0 Å². The van der Waals surface area contributed by atoms with Crippen molar-refractivity contribution in [3.63, 3.8) is 0 Å². The van der Waals surface area contributed by atoms with Gasteiger partial charge in [-0.25, -0.2) is 22.8 Å². The summed E-state index contributed by atoms with van der Waals surface area (Å²) in [7, 11) is -3.01. The average molecular weight is 416 g/mol. The highest BCUT2D eigenvalue weighted by molar-refractivity contribution is 9.10. The molecule has 0 saturated carbocycles. The molecule has 5 nitrogen and oxygen atoms in total. The van der Waals surface area contributed by atoms with Crippen molar-refractivity contribution in [1.29, 1.82) is 0 Å². The van der Waals surface area contributed by atoms with Gasteiger partial charge in [-0.2, -0.15) is 0 Å². The molecule has 1 unspecified atom stereocenters. The summed E-state index contributed by atoms with van der Waals surface area (Å²) in [6.45, 7) is 0.790. The SMILES string of the molecule is CS(=O)(=O)CCC1CCCCN1c1ncnc2cc(Br)c(F)cc12. The second-order valence-corrected chi connectivity index (χ2v) is 9.36. The van der Waals surface area contributed by atoms with Crippen molar-refractivity contribution in [3.05, 3.63) is 28.7 Å². The van der Waals surface area contributed by atoms with Crippen LogP contribution in [0.3, 0.4) is 0 Å². The minimum Gasteiger partial charge on any atom is -0.353 e. The predicted molar refractivity (Wildman–Crippen MR) is 96.5 cm³/mol. The van der Waals surface area contributed by atoms with Crippen molar-refractivity contribution in [2.45, 2.75) is 31.7 Å². The van der Waals surface area contributed by atoms with Crippen LogP contribution in [-0.2, 0) is 9.84 Å². The summed E-state index contributed by atoms with van der Waals surface area (Å²) >= 11 is 3.18. The van der Waals surface area contributed by atoms with Crippen LogP contribution in [0.2, 0.25) is 0 Å². The van der Waals surface area contributed by atoms with Gasteiger partial charge in [0.2, 0.25) is 0 Å². The molecule has 8 heteroatoms. The summed E-state index contributed by atoms with van der Waals surface area (Å²) in [5.74, 6) is 0.477. The summed E-state index contributed by atoms with van der Waals surface area (Å²) in [4.78, 5) is 10.7. The van der Waals surface area contributed by atoms with Crippen molar-refractivity contribution in [2.24, 2.45) is 0 Å². The van der Waals surface area contributed by atoms with E-state index in [2.05, 4.69) is 30.8 Å². The first-order valence-electron chi connectivity index (χ1n) is 7.89. The highest BCUT2D eigenvalue weighted by Gasteiger charge is 2.26. The minimum atomic E-state index is -3.01. The Kier molecular flexibility index (Phi) is 5.05. The number of rotatable bonds is 4. The number of anilines is 1. The van der Waals surface area contributed by atoms with Gasteiger partial charge in [-0.05, 0) is 53.7 Å². The van der Waals surface area contributed by atoms with Crippen LogP contribution in [0.1, 0.15) is 25.7 Å². The van der Waals surface area contributed by atoms with Gasteiger partial charge < -0.3 is 4.90 Å². The molecule has 2 aromatic rings. The third kappa shape index (κ3) is 3.85. The summed E-state index contributed by atoms with van der Waals surface area (Å²) in [5.41, 5.74) is 0.667. The van der Waals surface area contributed by atoms with E-state index in [1.165, 1.54) is 18.6 Å². The normalized spacial score (nSPS) is 19.0. The molecule has 1 fully saturated rings. The van der Waals surface area contributed by atoms with Gasteiger partial charge in [-0.1, -0.05) is 0 Å². The van der Waals surface area contributed by atoms with E-state index in [4.69, 9.17) is 0 Å². The lowest BCUT2D eigenvalue weighted by molar-refractivity contribution is 0.447. The summed E-state index contributed by atoms with van der Waals surface area (Å²) in [6.07, 6.45) is 6.29. The first-order valence-corrected chi connectivity index (χ1v) is 10.7. The second kappa shape index (κ2) is 6.92. The molecule has 0 N–H and O–H groups in total. The van der Waals surface area contributed by atoms with Crippen LogP contribution in [-0.4, -0.2) is 43.0 Å². The number of hydrogen-bond donors (Lipinski definition) is 0. The Hall–Kier alpha value is -1.28. The highest BCUT2D eigenvalue weighted by atomic mass is 79.9. The molecule has 0 amide bonds. The Labute approximate surface area is 149 Å². The Bertz CT molecular complexity index is 860. The summed E-state index contributed by atoms with van der Waals surface area (Å²) in [6, 6.07) is 3.18. The van der Waals surface area contributed by atoms with E-state index in [0.717, 1.165) is 25.8 Å². The fourth-order valence-corrected chi connectivity index (χ4v) is 4.23. The number of sulfone groups is 1. The first kappa shape index (κ1) is 17.5. The molecule has 1 aliphatic heterocycles. The lowest BCUT2D eigenvalue weighted by atomic mass is 9.99. The third-order valence-corrected chi connectivity index (χ3v) is 5.96. The van der Waals surface area contributed by atoms with E-state index < -0.39 is 9.84 Å². The highest BCUT2D eigenvalue weighted by Crippen LogP contribution is 2.32. The van der Waals surface area contributed by atoms with E-state index in [1.807, 2.05) is 0 Å². The van der Waals surface area contributed by atoms with Crippen molar-refractivity contribution in [3.8, 4) is 0 Å². The lowest BCUT2D eigenvalue weighted by Gasteiger charge is -2.37. The van der Waals surface area contributed by atoms with Crippen LogP contribution in [0, 0.1) is 5.82 Å². The van der Waals surface area contributed by atoms with Crippen molar-refractivity contribution in [2.75, 3.05) is 23.5 Å². The van der Waals surface area contributed by atoms with E-state index in [0.29, 0.717) is 27.6 Å². The van der Waals surface area contributed by atoms with Crippen LogP contribution in [0.25, 0.3) is 10.9 Å². The van der Waals surface area contributed by atoms with Gasteiger partial charge >= 0.3 is 0 Å². The Morgan fingerprint density at radius 1 is 1.33 bits per heavy atom. The van der Waals surface area contributed by atoms with Gasteiger partial charge in [0, 0.05) is 24.2 Å². The van der Waals surface area contributed by atoms with Crippen LogP contribution in [0.4, 0.5) is 10.2 Å². The molecule has 0 aliphatic carbocycles. The third-order valence-electron chi connectivity index (χ3n) is 4.38. The number of halogens is 2. The van der Waals surface area contributed by atoms with Crippen molar-refractivity contribution in [1.82, 2.24) is 9.97 Å². The van der Waals surface area contributed by atoms with Crippen molar-refractivity contribution >= 4 is 42.5 Å². The van der Waals surface area contributed by atoms with Crippen molar-refractivity contribution < 1.29 is 12.8 Å². The largest absolute Gasteiger partial charge is 0.353 e. The first-order chi connectivity index (χ1) is 11.3. The molecular weight excluding hydrogens is 397 g/mol. The molecule has 1 saturated heterocycles. The quantitative estimate of drug-likeness (QED) is 0.765. The van der Waals surface area contributed by atoms with Gasteiger partial charge in [0.25, 0.3) is 0 Å². The van der Waals surface area contributed by atoms with E-state index in [9.17, 15) is 12.8 Å². The zero-order chi connectivity index (χ0) is 17.3. The molecule has 1 aromatic carbocycles. The molecule has 2 heterocycles. The molecule has 1 atom stereocenters. The zero-order valence-electron chi connectivity index (χ0n) is 13.4.